The van der Waals surface area contributed by atoms with Crippen molar-refractivity contribution in [3.05, 3.63) is 70.9 Å². The van der Waals surface area contributed by atoms with Gasteiger partial charge in [0, 0.05) is 12.7 Å². The van der Waals surface area contributed by atoms with E-state index in [9.17, 15) is 19.5 Å². The van der Waals surface area contributed by atoms with Crippen molar-refractivity contribution in [1.29, 1.82) is 0 Å². The minimum absolute atomic E-state index is 0.105. The number of ether oxygens (including phenoxy) is 1. The van der Waals surface area contributed by atoms with Crippen LogP contribution in [-0.2, 0) is 9.53 Å². The van der Waals surface area contributed by atoms with E-state index in [0.29, 0.717) is 28.1 Å². The third-order valence-corrected chi connectivity index (χ3v) is 5.28. The molecule has 0 aromatic heterocycles. The maximum atomic E-state index is 13.3. The fourth-order valence-electron chi connectivity index (χ4n) is 3.68. The van der Waals surface area contributed by atoms with Gasteiger partial charge >= 0.3 is 12.0 Å². The van der Waals surface area contributed by atoms with Gasteiger partial charge in [0.15, 0.2) is 0 Å². The molecular formula is C22H21N3O5. The number of phenols is 1. The number of esters is 1. The molecule has 2 aromatic rings. The molecule has 154 valence electrons. The minimum Gasteiger partial charge on any atom is -0.508 e. The Hall–Kier alpha value is -3.81. The molecule has 0 saturated carbocycles. The molecule has 2 aromatic carbocycles. The first-order valence-electron chi connectivity index (χ1n) is 9.56. The zero-order valence-corrected chi connectivity index (χ0v) is 16.6. The van der Waals surface area contributed by atoms with Crippen LogP contribution < -0.4 is 10.2 Å². The monoisotopic (exact) mass is 407 g/mol. The normalized spacial score (nSPS) is 18.4. The number of hydrogen-bond acceptors (Lipinski definition) is 5. The van der Waals surface area contributed by atoms with Gasteiger partial charge in [0.2, 0.25) is 0 Å². The van der Waals surface area contributed by atoms with Gasteiger partial charge in [0.1, 0.15) is 5.75 Å². The number of likely N-dealkylation sites (N-methyl/N-ethyl adjacent to an activating group) is 1. The molecule has 0 spiro atoms. The van der Waals surface area contributed by atoms with Crippen LogP contribution in [0.2, 0.25) is 0 Å². The summed E-state index contributed by atoms with van der Waals surface area (Å²) in [6.07, 6.45) is 0. The molecule has 30 heavy (non-hydrogen) atoms. The van der Waals surface area contributed by atoms with Crippen LogP contribution in [0.25, 0.3) is 0 Å². The van der Waals surface area contributed by atoms with E-state index in [1.165, 1.54) is 17.0 Å². The van der Waals surface area contributed by atoms with Crippen molar-refractivity contribution in [1.82, 2.24) is 10.2 Å². The van der Waals surface area contributed by atoms with Gasteiger partial charge in [-0.05, 0) is 48.9 Å². The van der Waals surface area contributed by atoms with E-state index in [1.54, 1.807) is 55.3 Å². The fraction of sp³-hybridized carbons (Fsp3) is 0.227. The summed E-state index contributed by atoms with van der Waals surface area (Å²) in [5.41, 5.74) is 2.83. The third-order valence-electron chi connectivity index (χ3n) is 5.28. The highest BCUT2D eigenvalue weighted by molar-refractivity contribution is 6.11. The third kappa shape index (κ3) is 3.26. The number of urea groups is 1. The summed E-state index contributed by atoms with van der Waals surface area (Å²) in [7, 11) is 1.62. The van der Waals surface area contributed by atoms with Crippen molar-refractivity contribution in [2.45, 2.75) is 13.0 Å². The highest BCUT2D eigenvalue weighted by atomic mass is 16.5. The highest BCUT2D eigenvalue weighted by Crippen LogP contribution is 2.37. The Morgan fingerprint density at radius 3 is 2.43 bits per heavy atom. The maximum Gasteiger partial charge on any atom is 0.338 e. The van der Waals surface area contributed by atoms with Crippen molar-refractivity contribution < 1.29 is 24.2 Å². The summed E-state index contributed by atoms with van der Waals surface area (Å²) >= 11 is 0. The lowest BCUT2D eigenvalue weighted by molar-refractivity contribution is -0.114. The summed E-state index contributed by atoms with van der Waals surface area (Å²) in [4.78, 5) is 40.7. The molecule has 0 unspecified atom stereocenters. The molecule has 0 saturated heterocycles. The summed E-state index contributed by atoms with van der Waals surface area (Å²) in [6.45, 7) is 2.26. The van der Waals surface area contributed by atoms with E-state index >= 15 is 0 Å². The van der Waals surface area contributed by atoms with E-state index < -0.39 is 12.0 Å². The van der Waals surface area contributed by atoms with Crippen molar-refractivity contribution in [3.63, 3.8) is 0 Å². The standard InChI is InChI=1S/C22H21N3O5/c1-3-30-21(28)14-4-8-15(9-5-14)25-12-17-18(20(25)27)19(23-22(29)24(17)2)13-6-10-16(26)11-7-13/h4-11,19,26H,3,12H2,1-2H3,(H,23,29)/t19-/m0/s1. The summed E-state index contributed by atoms with van der Waals surface area (Å²) in [5.74, 6) is -0.539. The molecule has 0 aliphatic carbocycles. The Balaban J connectivity index is 1.65. The topological polar surface area (TPSA) is 99.2 Å². The first kappa shape index (κ1) is 19.5. The second-order valence-electron chi connectivity index (χ2n) is 7.05. The first-order chi connectivity index (χ1) is 14.4. The van der Waals surface area contributed by atoms with Crippen LogP contribution in [0.4, 0.5) is 10.5 Å². The lowest BCUT2D eigenvalue weighted by Gasteiger charge is -2.31. The Morgan fingerprint density at radius 1 is 1.13 bits per heavy atom. The largest absolute Gasteiger partial charge is 0.508 e. The smallest absolute Gasteiger partial charge is 0.338 e. The Bertz CT molecular complexity index is 1040. The second-order valence-corrected chi connectivity index (χ2v) is 7.05. The number of carbonyl (C=O) groups excluding carboxylic acids is 3. The van der Waals surface area contributed by atoms with Gasteiger partial charge in [-0.1, -0.05) is 12.1 Å². The molecule has 3 amide bonds. The number of anilines is 1. The first-order valence-corrected chi connectivity index (χ1v) is 9.56. The van der Waals surface area contributed by atoms with Gasteiger partial charge in [-0.15, -0.1) is 0 Å². The maximum absolute atomic E-state index is 13.3. The fourth-order valence-corrected chi connectivity index (χ4v) is 3.68. The average molecular weight is 407 g/mol. The van der Waals surface area contributed by atoms with E-state index in [0.717, 1.165) is 0 Å². The van der Waals surface area contributed by atoms with E-state index in [-0.39, 0.29) is 30.8 Å². The predicted molar refractivity (Wildman–Crippen MR) is 109 cm³/mol. The summed E-state index contributed by atoms with van der Waals surface area (Å²) in [6, 6.07) is 12.1. The molecule has 8 heteroatoms. The number of benzene rings is 2. The van der Waals surface area contributed by atoms with Gasteiger partial charge in [0.05, 0.1) is 36.0 Å². The molecule has 2 aliphatic rings. The van der Waals surface area contributed by atoms with Crippen molar-refractivity contribution in [2.75, 3.05) is 25.1 Å². The molecule has 1 atom stereocenters. The zero-order valence-electron chi connectivity index (χ0n) is 16.6. The number of amides is 3. The number of nitrogens with zero attached hydrogens (tertiary/aromatic N) is 2. The number of rotatable bonds is 4. The molecule has 2 heterocycles. The molecular weight excluding hydrogens is 386 g/mol. The van der Waals surface area contributed by atoms with Gasteiger partial charge in [0.25, 0.3) is 5.91 Å². The van der Waals surface area contributed by atoms with Crippen LogP contribution in [0.5, 0.6) is 5.75 Å². The Morgan fingerprint density at radius 2 is 1.80 bits per heavy atom. The molecule has 8 nitrogen and oxygen atoms in total. The van der Waals surface area contributed by atoms with Crippen molar-refractivity contribution >= 4 is 23.6 Å². The molecule has 0 radical (unpaired) electrons. The van der Waals surface area contributed by atoms with Crippen LogP contribution >= 0.6 is 0 Å². The van der Waals surface area contributed by atoms with Crippen LogP contribution in [0.3, 0.4) is 0 Å². The summed E-state index contributed by atoms with van der Waals surface area (Å²) in [5, 5.41) is 12.4. The Labute approximate surface area is 173 Å². The molecule has 2 N–H and O–H groups in total. The van der Waals surface area contributed by atoms with Crippen LogP contribution in [0.15, 0.2) is 59.8 Å². The van der Waals surface area contributed by atoms with Gasteiger partial charge < -0.3 is 20.1 Å². The van der Waals surface area contributed by atoms with Crippen LogP contribution in [0, 0.1) is 0 Å². The van der Waals surface area contributed by atoms with Crippen molar-refractivity contribution in [2.24, 2.45) is 0 Å². The SMILES string of the molecule is CCOC(=O)c1ccc(N2CC3=C(C2=O)[C@H](c2ccc(O)cc2)NC(=O)N3C)cc1. The van der Waals surface area contributed by atoms with E-state index in [4.69, 9.17) is 4.74 Å². The number of nitrogens with one attached hydrogen (secondary N) is 1. The number of phenolic OH excluding ortho intramolecular Hbond substituents is 1. The second kappa shape index (κ2) is 7.55. The quantitative estimate of drug-likeness (QED) is 0.759. The number of carbonyl (C=O) groups is 3. The van der Waals surface area contributed by atoms with Crippen molar-refractivity contribution in [3.8, 4) is 5.75 Å². The molecule has 0 bridgehead atoms. The lowest BCUT2D eigenvalue weighted by atomic mass is 9.95. The highest BCUT2D eigenvalue weighted by Gasteiger charge is 2.43. The molecule has 0 fully saturated rings. The van der Waals surface area contributed by atoms with Gasteiger partial charge in [-0.25, -0.2) is 9.59 Å². The van der Waals surface area contributed by atoms with Gasteiger partial charge in [-0.2, -0.15) is 0 Å². The van der Waals surface area contributed by atoms with Crippen LogP contribution in [0.1, 0.15) is 28.9 Å². The minimum atomic E-state index is -0.611. The number of aromatic hydroxyl groups is 1. The molecule has 2 aliphatic heterocycles. The van der Waals surface area contributed by atoms with E-state index in [2.05, 4.69) is 5.32 Å². The summed E-state index contributed by atoms with van der Waals surface area (Å²) < 4.78 is 4.99. The van der Waals surface area contributed by atoms with Gasteiger partial charge in [-0.3, -0.25) is 9.69 Å². The zero-order chi connectivity index (χ0) is 21.4. The average Bonchev–Trinajstić information content (AvgIpc) is 3.09. The molecule has 4 rings (SSSR count). The van der Waals surface area contributed by atoms with Crippen LogP contribution in [-0.4, -0.2) is 48.1 Å². The predicted octanol–water partition coefficient (Wildman–Crippen LogP) is 2.57. The number of hydrogen-bond donors (Lipinski definition) is 2. The lowest BCUT2D eigenvalue weighted by Crippen LogP contribution is -2.45. The van der Waals surface area contributed by atoms with E-state index in [1.807, 2.05) is 0 Å². The Kier molecular flexibility index (Phi) is 4.91.